The van der Waals surface area contributed by atoms with Crippen LogP contribution in [0.3, 0.4) is 0 Å². The first-order valence-corrected chi connectivity index (χ1v) is 4.72. The summed E-state index contributed by atoms with van der Waals surface area (Å²) in [6.45, 7) is 6.42. The number of ether oxygens (including phenoxy) is 1. The molecule has 0 N–H and O–H groups in total. The molecule has 1 saturated carbocycles. The van der Waals surface area contributed by atoms with E-state index >= 15 is 0 Å². The van der Waals surface area contributed by atoms with Crippen molar-refractivity contribution in [3.63, 3.8) is 0 Å². The van der Waals surface area contributed by atoms with E-state index in [2.05, 4.69) is 6.92 Å². The van der Waals surface area contributed by atoms with Crippen molar-refractivity contribution in [2.75, 3.05) is 6.61 Å². The van der Waals surface area contributed by atoms with Gasteiger partial charge in [0.25, 0.3) is 0 Å². The number of carbonyl (C=O) groups excluding carboxylic acids is 1. The van der Waals surface area contributed by atoms with Crippen LogP contribution in [0, 0.1) is 5.92 Å². The van der Waals surface area contributed by atoms with Crippen LogP contribution in [0.1, 0.15) is 40.0 Å². The summed E-state index contributed by atoms with van der Waals surface area (Å²) in [6.07, 6.45) is 3.11. The van der Waals surface area contributed by atoms with Crippen molar-refractivity contribution < 1.29 is 9.53 Å². The molecular formula is C10H18O2. The minimum absolute atomic E-state index is 0.134. The van der Waals surface area contributed by atoms with Crippen molar-refractivity contribution in [2.24, 2.45) is 5.92 Å². The summed E-state index contributed by atoms with van der Waals surface area (Å²) in [7, 11) is 0. The van der Waals surface area contributed by atoms with Gasteiger partial charge >= 0.3 is 0 Å². The van der Waals surface area contributed by atoms with E-state index in [1.54, 1.807) is 0 Å². The molecule has 1 rings (SSSR count). The van der Waals surface area contributed by atoms with Crippen molar-refractivity contribution >= 4 is 5.78 Å². The number of Topliss-reactive ketones (excluding diaryl/α,β-unsaturated/α-hetero) is 1. The van der Waals surface area contributed by atoms with Gasteiger partial charge in [-0.1, -0.05) is 6.92 Å². The third kappa shape index (κ3) is 2.94. The molecule has 0 bridgehead atoms. The SMILES string of the molecule is CCC(C)(C)OCC(=O)C1CC1. The van der Waals surface area contributed by atoms with Crippen LogP contribution in [0.25, 0.3) is 0 Å². The van der Waals surface area contributed by atoms with E-state index in [1.165, 1.54) is 0 Å². The number of hydrogen-bond acceptors (Lipinski definition) is 2. The third-order valence-electron chi connectivity index (χ3n) is 2.49. The molecule has 0 aromatic rings. The molecule has 0 radical (unpaired) electrons. The Bertz CT molecular complexity index is 169. The van der Waals surface area contributed by atoms with Crippen molar-refractivity contribution in [1.29, 1.82) is 0 Å². The highest BCUT2D eigenvalue weighted by Gasteiger charge is 2.30. The van der Waals surface area contributed by atoms with E-state index in [1.807, 2.05) is 13.8 Å². The van der Waals surface area contributed by atoms with E-state index in [-0.39, 0.29) is 11.4 Å². The number of rotatable bonds is 5. The zero-order valence-electron chi connectivity index (χ0n) is 8.22. The molecule has 12 heavy (non-hydrogen) atoms. The monoisotopic (exact) mass is 170 g/mol. The summed E-state index contributed by atoms with van der Waals surface area (Å²) in [5.41, 5.74) is -0.134. The van der Waals surface area contributed by atoms with Crippen LogP contribution in [0.15, 0.2) is 0 Å². The maximum absolute atomic E-state index is 11.2. The third-order valence-corrected chi connectivity index (χ3v) is 2.49. The van der Waals surface area contributed by atoms with Gasteiger partial charge in [0.1, 0.15) is 6.61 Å². The highest BCUT2D eigenvalue weighted by molar-refractivity contribution is 5.84. The standard InChI is InChI=1S/C10H18O2/c1-4-10(2,3)12-7-9(11)8-5-6-8/h8H,4-7H2,1-3H3. The molecule has 1 aliphatic carbocycles. The Hall–Kier alpha value is -0.370. The van der Waals surface area contributed by atoms with E-state index in [0.717, 1.165) is 19.3 Å². The molecule has 2 nitrogen and oxygen atoms in total. The Morgan fingerprint density at radius 1 is 1.50 bits per heavy atom. The molecule has 2 heteroatoms. The second kappa shape index (κ2) is 3.56. The minimum Gasteiger partial charge on any atom is -0.368 e. The summed E-state index contributed by atoms with van der Waals surface area (Å²) in [6, 6.07) is 0. The molecule has 70 valence electrons. The Morgan fingerprint density at radius 3 is 2.50 bits per heavy atom. The van der Waals surface area contributed by atoms with Gasteiger partial charge in [0.05, 0.1) is 5.60 Å². The zero-order valence-corrected chi connectivity index (χ0v) is 8.22. The molecule has 1 aliphatic rings. The van der Waals surface area contributed by atoms with Gasteiger partial charge in [-0.05, 0) is 33.1 Å². The van der Waals surface area contributed by atoms with Crippen molar-refractivity contribution in [3.05, 3.63) is 0 Å². The van der Waals surface area contributed by atoms with E-state index in [4.69, 9.17) is 4.74 Å². The first-order valence-electron chi connectivity index (χ1n) is 4.72. The largest absolute Gasteiger partial charge is 0.368 e. The first-order chi connectivity index (χ1) is 5.55. The van der Waals surface area contributed by atoms with Crippen LogP contribution in [-0.4, -0.2) is 18.0 Å². The quantitative estimate of drug-likeness (QED) is 0.632. The predicted octanol–water partition coefficient (Wildman–Crippen LogP) is 2.17. The number of carbonyl (C=O) groups is 1. The summed E-state index contributed by atoms with van der Waals surface area (Å²) in [5.74, 6) is 0.620. The van der Waals surface area contributed by atoms with Gasteiger partial charge in [0.15, 0.2) is 5.78 Å². The smallest absolute Gasteiger partial charge is 0.161 e. The van der Waals surface area contributed by atoms with Gasteiger partial charge < -0.3 is 4.74 Å². The second-order valence-electron chi connectivity index (χ2n) is 4.14. The minimum atomic E-state index is -0.134. The average Bonchev–Trinajstić information content (AvgIpc) is 2.83. The molecule has 0 aromatic heterocycles. The lowest BCUT2D eigenvalue weighted by atomic mass is 10.1. The van der Waals surface area contributed by atoms with Gasteiger partial charge in [-0.2, -0.15) is 0 Å². The van der Waals surface area contributed by atoms with Crippen LogP contribution in [-0.2, 0) is 9.53 Å². The zero-order chi connectivity index (χ0) is 9.19. The summed E-state index contributed by atoms with van der Waals surface area (Å²) in [5, 5.41) is 0. The molecule has 0 aliphatic heterocycles. The summed E-state index contributed by atoms with van der Waals surface area (Å²) >= 11 is 0. The Kier molecular flexibility index (Phi) is 2.89. The van der Waals surface area contributed by atoms with Crippen LogP contribution >= 0.6 is 0 Å². The highest BCUT2D eigenvalue weighted by Crippen LogP contribution is 2.30. The maximum Gasteiger partial charge on any atom is 0.161 e. The fourth-order valence-electron chi connectivity index (χ4n) is 0.892. The average molecular weight is 170 g/mol. The predicted molar refractivity (Wildman–Crippen MR) is 48.1 cm³/mol. The van der Waals surface area contributed by atoms with Gasteiger partial charge in [0, 0.05) is 5.92 Å². The summed E-state index contributed by atoms with van der Waals surface area (Å²) < 4.78 is 5.49. The Morgan fingerprint density at radius 2 is 2.08 bits per heavy atom. The van der Waals surface area contributed by atoms with Crippen LogP contribution in [0.4, 0.5) is 0 Å². The Labute approximate surface area is 74.3 Å². The lowest BCUT2D eigenvalue weighted by Crippen LogP contribution is -2.27. The van der Waals surface area contributed by atoms with Gasteiger partial charge in [-0.3, -0.25) is 4.79 Å². The molecule has 1 fully saturated rings. The lowest BCUT2D eigenvalue weighted by Gasteiger charge is -2.22. The van der Waals surface area contributed by atoms with Crippen LogP contribution in [0.5, 0.6) is 0 Å². The molecule has 0 heterocycles. The van der Waals surface area contributed by atoms with E-state index in [9.17, 15) is 4.79 Å². The first kappa shape index (κ1) is 9.72. The van der Waals surface area contributed by atoms with Gasteiger partial charge in [0.2, 0.25) is 0 Å². The molecule has 0 aromatic carbocycles. The molecule has 0 saturated heterocycles. The topological polar surface area (TPSA) is 26.3 Å². The second-order valence-corrected chi connectivity index (χ2v) is 4.14. The van der Waals surface area contributed by atoms with E-state index in [0.29, 0.717) is 12.5 Å². The van der Waals surface area contributed by atoms with Crippen LogP contribution in [0.2, 0.25) is 0 Å². The highest BCUT2D eigenvalue weighted by atomic mass is 16.5. The molecule has 0 spiro atoms. The van der Waals surface area contributed by atoms with Crippen LogP contribution < -0.4 is 0 Å². The molecular weight excluding hydrogens is 152 g/mol. The molecule has 0 atom stereocenters. The summed E-state index contributed by atoms with van der Waals surface area (Å²) in [4.78, 5) is 11.2. The lowest BCUT2D eigenvalue weighted by molar-refractivity contribution is -0.130. The normalized spacial score (nSPS) is 17.9. The molecule has 0 unspecified atom stereocenters. The Balaban J connectivity index is 2.19. The van der Waals surface area contributed by atoms with Crippen molar-refractivity contribution in [1.82, 2.24) is 0 Å². The fourth-order valence-corrected chi connectivity index (χ4v) is 0.892. The van der Waals surface area contributed by atoms with Crippen molar-refractivity contribution in [3.8, 4) is 0 Å². The number of ketones is 1. The maximum atomic E-state index is 11.2. The van der Waals surface area contributed by atoms with Gasteiger partial charge in [-0.15, -0.1) is 0 Å². The van der Waals surface area contributed by atoms with E-state index < -0.39 is 0 Å². The van der Waals surface area contributed by atoms with Gasteiger partial charge in [-0.25, -0.2) is 0 Å². The van der Waals surface area contributed by atoms with Crippen molar-refractivity contribution in [2.45, 2.75) is 45.6 Å². The fraction of sp³-hybridized carbons (Fsp3) is 0.900. The number of hydrogen-bond donors (Lipinski definition) is 0. The molecule has 0 amide bonds.